The van der Waals surface area contributed by atoms with Crippen molar-refractivity contribution in [3.63, 3.8) is 0 Å². The number of carbonyl (C=O) groups is 1. The van der Waals surface area contributed by atoms with E-state index in [9.17, 15) is 30.7 Å². The van der Waals surface area contributed by atoms with E-state index in [1.165, 1.54) is 36.0 Å². The van der Waals surface area contributed by atoms with E-state index in [0.717, 1.165) is 50.7 Å². The van der Waals surface area contributed by atoms with Crippen molar-refractivity contribution in [1.82, 2.24) is 0 Å². The monoisotopic (exact) mass is 703 g/mol. The molecule has 0 bridgehead atoms. The Morgan fingerprint density at radius 2 is 1.74 bits per heavy atom. The minimum Gasteiger partial charge on any atom is -0.481 e. The smallest absolute Gasteiger partial charge is 0.303 e. The van der Waals surface area contributed by atoms with Gasteiger partial charge in [-0.3, -0.25) is 13.9 Å². The molecule has 0 radical (unpaired) electrons. The van der Waals surface area contributed by atoms with Gasteiger partial charge in [-0.1, -0.05) is 57.5 Å². The van der Waals surface area contributed by atoms with E-state index in [0.29, 0.717) is 44.2 Å². The summed E-state index contributed by atoms with van der Waals surface area (Å²) in [5.41, 5.74) is 4.18. The van der Waals surface area contributed by atoms with Crippen molar-refractivity contribution in [2.45, 2.75) is 104 Å². The molecule has 10 nitrogen and oxygen atoms in total. The van der Waals surface area contributed by atoms with Gasteiger partial charge in [0.1, 0.15) is 0 Å². The van der Waals surface area contributed by atoms with Crippen LogP contribution in [0.1, 0.15) is 76.3 Å². The fourth-order valence-electron chi connectivity index (χ4n) is 6.85. The van der Waals surface area contributed by atoms with Gasteiger partial charge in [-0.25, -0.2) is 0 Å². The lowest BCUT2D eigenvalue weighted by Gasteiger charge is -2.43. The largest absolute Gasteiger partial charge is 0.481 e. The number of hydrogen-bond donors (Lipinski definition) is 3. The first-order chi connectivity index (χ1) is 22.0. The Morgan fingerprint density at radius 1 is 1.06 bits per heavy atom. The number of ether oxygens (including phenoxy) is 1. The maximum absolute atomic E-state index is 12.2. The predicted octanol–water partition coefficient (Wildman–Crippen LogP) is 7.06. The first kappa shape index (κ1) is 35.4. The molecule has 0 saturated carbocycles. The molecule has 3 unspecified atom stereocenters. The second-order valence-corrected chi connectivity index (χ2v) is 16.5. The Bertz CT molecular complexity index is 1880. The summed E-state index contributed by atoms with van der Waals surface area (Å²) in [5, 5.41) is 10.1. The summed E-state index contributed by atoms with van der Waals surface area (Å²) in [5.74, 6) is -0.854. The minimum absolute atomic E-state index is 0.0626. The predicted molar refractivity (Wildman–Crippen MR) is 181 cm³/mol. The molecule has 3 N–H and O–H groups in total. The summed E-state index contributed by atoms with van der Waals surface area (Å²) in [6.07, 6.45) is 6.41. The molecule has 2 aromatic rings. The number of unbranched alkanes of at least 4 members (excludes halogenated alkanes) is 2. The molecule has 0 spiro atoms. The van der Waals surface area contributed by atoms with Gasteiger partial charge in [0.15, 0.2) is 0 Å². The Morgan fingerprint density at radius 3 is 2.40 bits per heavy atom. The Hall–Kier alpha value is -2.94. The van der Waals surface area contributed by atoms with Gasteiger partial charge in [0.05, 0.1) is 32.7 Å². The van der Waals surface area contributed by atoms with Gasteiger partial charge in [0, 0.05) is 28.8 Å². The highest BCUT2D eigenvalue weighted by atomic mass is 32.2. The lowest BCUT2D eigenvalue weighted by molar-refractivity contribution is -0.137. The fraction of sp³-hybridized carbons (Fsp3) is 0.441. The van der Waals surface area contributed by atoms with E-state index in [2.05, 4.69) is 24.5 Å². The molecule has 2 aromatic carbocycles. The van der Waals surface area contributed by atoms with Gasteiger partial charge in [-0.05, 0) is 91.3 Å². The van der Waals surface area contributed by atoms with Crippen LogP contribution in [-0.2, 0) is 35.2 Å². The van der Waals surface area contributed by atoms with E-state index in [1.807, 2.05) is 13.8 Å². The lowest BCUT2D eigenvalue weighted by Crippen LogP contribution is -2.40. The van der Waals surface area contributed by atoms with Crippen LogP contribution in [-0.4, -0.2) is 55.8 Å². The zero-order valence-electron chi connectivity index (χ0n) is 26.7. The number of aliphatic carboxylic acids is 1. The first-order valence-corrected chi connectivity index (χ1v) is 19.4. The van der Waals surface area contributed by atoms with Crippen molar-refractivity contribution >= 4 is 43.7 Å². The highest BCUT2D eigenvalue weighted by Gasteiger charge is 2.42. The maximum atomic E-state index is 12.2. The first-order valence-electron chi connectivity index (χ1n) is 15.7. The van der Waals surface area contributed by atoms with Crippen molar-refractivity contribution in [2.24, 2.45) is 0 Å². The van der Waals surface area contributed by atoms with Gasteiger partial charge in [-0.2, -0.15) is 16.8 Å². The topological polar surface area (TPSA) is 159 Å². The molecule has 3 atom stereocenters. The summed E-state index contributed by atoms with van der Waals surface area (Å²) >= 11 is 1.43. The van der Waals surface area contributed by atoms with Crippen molar-refractivity contribution < 1.29 is 40.6 Å². The van der Waals surface area contributed by atoms with Gasteiger partial charge in [0.2, 0.25) is 0 Å². The number of nitrogens with zero attached hydrogens (tertiary/aromatic N) is 1. The number of hydrogen-bond acceptors (Lipinski definition) is 8. The molecule has 0 fully saturated rings. The summed E-state index contributed by atoms with van der Waals surface area (Å²) < 4.78 is 74.5. The SMILES string of the molecule is C=C(C1=CC2=C3Sc4cc(S(=O)(=O)O)ccc4N3CCC2OC1CCC)C(C)(CCCCCC(=O)O)c1cc(S(=O)(=O)O)ccc1C. The quantitative estimate of drug-likeness (QED) is 0.145. The minimum atomic E-state index is -4.48. The maximum Gasteiger partial charge on any atom is 0.303 e. The van der Waals surface area contributed by atoms with Crippen LogP contribution in [0.25, 0.3) is 0 Å². The van der Waals surface area contributed by atoms with Crippen LogP contribution in [0.3, 0.4) is 0 Å². The number of benzene rings is 2. The average molecular weight is 704 g/mol. The van der Waals surface area contributed by atoms with Crippen LogP contribution in [0.5, 0.6) is 0 Å². The lowest BCUT2D eigenvalue weighted by atomic mass is 9.67. The number of fused-ring (bicyclic) bond motifs is 4. The number of aryl methyl sites for hydroxylation is 1. The van der Waals surface area contributed by atoms with Crippen molar-refractivity contribution in [3.8, 4) is 0 Å². The Kier molecular flexibility index (Phi) is 10.2. The van der Waals surface area contributed by atoms with E-state index in [-0.39, 0.29) is 28.4 Å². The van der Waals surface area contributed by atoms with Crippen LogP contribution in [0.4, 0.5) is 5.69 Å². The van der Waals surface area contributed by atoms with E-state index in [4.69, 9.17) is 9.84 Å². The highest BCUT2D eigenvalue weighted by Crippen LogP contribution is 2.53. The fourth-order valence-corrected chi connectivity index (χ4v) is 9.23. The number of anilines is 1. The number of carboxylic acid groups (broad SMARTS) is 1. The second kappa shape index (κ2) is 13.5. The molecule has 0 saturated heterocycles. The van der Waals surface area contributed by atoms with Crippen molar-refractivity contribution in [1.29, 1.82) is 0 Å². The van der Waals surface area contributed by atoms with Gasteiger partial charge >= 0.3 is 5.97 Å². The summed E-state index contributed by atoms with van der Waals surface area (Å²) in [6, 6.07) is 9.15. The summed E-state index contributed by atoms with van der Waals surface area (Å²) in [6.45, 7) is 11.3. The Labute approximate surface area is 281 Å². The number of carboxylic acids is 1. The zero-order chi connectivity index (χ0) is 34.3. The van der Waals surface area contributed by atoms with Gasteiger partial charge in [-0.15, -0.1) is 0 Å². The standard InChI is InChI=1S/C34H41NO9S3/c1-5-9-29-25(20-26-30(44-29)15-17-35-28-14-13-24(47(41,42)43)19-31(28)45-33(26)35)22(3)34(4,16-8-6-7-10-32(36)37)27-18-23(46(38,39)40)12-11-21(27)2/h11-14,18-20,29-30H,3,5-10,15-17H2,1-2,4H3,(H,36,37)(H,38,39,40)(H,41,42,43). The molecular formula is C34H41NO9S3. The summed E-state index contributed by atoms with van der Waals surface area (Å²) in [7, 11) is -8.85. The molecule has 0 aromatic heterocycles. The van der Waals surface area contributed by atoms with Crippen molar-refractivity contribution in [3.05, 3.63) is 81.9 Å². The molecule has 0 aliphatic carbocycles. The molecule has 3 aliphatic rings. The third-order valence-corrected chi connectivity index (χ3v) is 12.3. The third-order valence-electron chi connectivity index (χ3n) is 9.40. The normalized spacial score (nSPS) is 20.6. The molecule has 5 rings (SSSR count). The summed E-state index contributed by atoms with van der Waals surface area (Å²) in [4.78, 5) is 13.6. The number of rotatable bonds is 13. The average Bonchev–Trinajstić information content (AvgIpc) is 3.38. The molecule has 3 heterocycles. The van der Waals surface area contributed by atoms with Crippen LogP contribution >= 0.6 is 11.8 Å². The Balaban J connectivity index is 1.60. The molecule has 0 amide bonds. The molecule has 13 heteroatoms. The molecule has 47 heavy (non-hydrogen) atoms. The second-order valence-electron chi connectivity index (χ2n) is 12.6. The van der Waals surface area contributed by atoms with Crippen LogP contribution in [0.2, 0.25) is 0 Å². The third kappa shape index (κ3) is 7.25. The van der Waals surface area contributed by atoms with E-state index >= 15 is 0 Å². The van der Waals surface area contributed by atoms with Crippen molar-refractivity contribution in [2.75, 3.05) is 11.4 Å². The van der Waals surface area contributed by atoms with E-state index < -0.39 is 31.6 Å². The van der Waals surface area contributed by atoms with Crippen LogP contribution in [0.15, 0.2) is 85.5 Å². The number of thioether (sulfide) groups is 1. The molecule has 254 valence electrons. The highest BCUT2D eigenvalue weighted by molar-refractivity contribution is 8.03. The van der Waals surface area contributed by atoms with Crippen LogP contribution < -0.4 is 4.90 Å². The zero-order valence-corrected chi connectivity index (χ0v) is 29.2. The molecular weight excluding hydrogens is 663 g/mol. The van der Waals surface area contributed by atoms with Gasteiger partial charge < -0.3 is 14.7 Å². The van der Waals surface area contributed by atoms with Gasteiger partial charge in [0.25, 0.3) is 20.2 Å². The van der Waals surface area contributed by atoms with Crippen LogP contribution in [0, 0.1) is 6.92 Å². The van der Waals surface area contributed by atoms with E-state index in [1.54, 1.807) is 12.1 Å². The molecule has 3 aliphatic heterocycles.